The van der Waals surface area contributed by atoms with E-state index in [2.05, 4.69) is 5.32 Å². The standard InChI is InChI=1S/C17H20N2O2/c1-12-11-13(18-2)5-10-16(12)17(20)19(3)14-6-8-15(21-4)9-7-14/h5-11,18H,1-4H3. The first-order valence-corrected chi connectivity index (χ1v) is 6.77. The number of methoxy groups -OCH3 is 1. The second-order valence-electron chi connectivity index (χ2n) is 4.84. The minimum atomic E-state index is -0.0275. The Morgan fingerprint density at radius 2 is 1.81 bits per heavy atom. The van der Waals surface area contributed by atoms with E-state index in [-0.39, 0.29) is 5.91 Å². The van der Waals surface area contributed by atoms with Gasteiger partial charge in [0.1, 0.15) is 5.75 Å². The summed E-state index contributed by atoms with van der Waals surface area (Å²) in [5.74, 6) is 0.745. The van der Waals surface area contributed by atoms with Gasteiger partial charge < -0.3 is 15.0 Å². The van der Waals surface area contributed by atoms with Gasteiger partial charge in [-0.1, -0.05) is 0 Å². The van der Waals surface area contributed by atoms with Crippen molar-refractivity contribution in [3.05, 3.63) is 53.6 Å². The molecule has 0 aromatic heterocycles. The van der Waals surface area contributed by atoms with E-state index in [9.17, 15) is 4.79 Å². The zero-order valence-electron chi connectivity index (χ0n) is 12.8. The molecule has 0 heterocycles. The topological polar surface area (TPSA) is 41.6 Å². The zero-order chi connectivity index (χ0) is 15.4. The van der Waals surface area contributed by atoms with Crippen LogP contribution in [0.5, 0.6) is 5.75 Å². The highest BCUT2D eigenvalue weighted by atomic mass is 16.5. The van der Waals surface area contributed by atoms with Crippen LogP contribution in [0.3, 0.4) is 0 Å². The fourth-order valence-electron chi connectivity index (χ4n) is 2.16. The summed E-state index contributed by atoms with van der Waals surface area (Å²) < 4.78 is 5.13. The second kappa shape index (κ2) is 6.31. The summed E-state index contributed by atoms with van der Waals surface area (Å²) in [4.78, 5) is 14.2. The number of rotatable bonds is 4. The van der Waals surface area contributed by atoms with Gasteiger partial charge in [-0.05, 0) is 55.0 Å². The molecule has 0 unspecified atom stereocenters. The van der Waals surface area contributed by atoms with Crippen LogP contribution in [0, 0.1) is 6.92 Å². The van der Waals surface area contributed by atoms with Gasteiger partial charge in [0.25, 0.3) is 5.91 Å². The van der Waals surface area contributed by atoms with Crippen LogP contribution in [0.15, 0.2) is 42.5 Å². The molecule has 1 N–H and O–H groups in total. The molecule has 2 rings (SSSR count). The van der Waals surface area contributed by atoms with E-state index < -0.39 is 0 Å². The van der Waals surface area contributed by atoms with Gasteiger partial charge in [-0.25, -0.2) is 0 Å². The number of hydrogen-bond acceptors (Lipinski definition) is 3. The maximum Gasteiger partial charge on any atom is 0.258 e. The number of carbonyl (C=O) groups excluding carboxylic acids is 1. The van der Waals surface area contributed by atoms with Gasteiger partial charge in [0.15, 0.2) is 0 Å². The van der Waals surface area contributed by atoms with Gasteiger partial charge in [0, 0.05) is 31.0 Å². The third-order valence-electron chi connectivity index (χ3n) is 3.51. The smallest absolute Gasteiger partial charge is 0.258 e. The number of ether oxygens (including phenoxy) is 1. The molecule has 110 valence electrons. The lowest BCUT2D eigenvalue weighted by Gasteiger charge is -2.19. The molecule has 21 heavy (non-hydrogen) atoms. The number of anilines is 2. The predicted molar refractivity (Wildman–Crippen MR) is 86.5 cm³/mol. The molecular formula is C17H20N2O2. The summed E-state index contributed by atoms with van der Waals surface area (Å²) in [5.41, 5.74) is 3.48. The first-order valence-electron chi connectivity index (χ1n) is 6.77. The summed E-state index contributed by atoms with van der Waals surface area (Å²) in [7, 11) is 5.26. The van der Waals surface area contributed by atoms with Crippen LogP contribution < -0.4 is 15.0 Å². The van der Waals surface area contributed by atoms with E-state index in [0.29, 0.717) is 5.56 Å². The molecule has 4 heteroatoms. The predicted octanol–water partition coefficient (Wildman–Crippen LogP) is 3.32. The summed E-state index contributed by atoms with van der Waals surface area (Å²) in [6.45, 7) is 1.94. The number of benzene rings is 2. The molecule has 0 aliphatic carbocycles. The molecule has 0 saturated carbocycles. The van der Waals surface area contributed by atoms with Crippen molar-refractivity contribution in [2.75, 3.05) is 31.4 Å². The van der Waals surface area contributed by atoms with Gasteiger partial charge in [0.2, 0.25) is 0 Å². The fraction of sp³-hybridized carbons (Fsp3) is 0.235. The average molecular weight is 284 g/mol. The van der Waals surface area contributed by atoms with Gasteiger partial charge in [0.05, 0.1) is 7.11 Å². The molecule has 2 aromatic rings. The van der Waals surface area contributed by atoms with Crippen molar-refractivity contribution in [3.63, 3.8) is 0 Å². The summed E-state index contributed by atoms with van der Waals surface area (Å²) in [6.07, 6.45) is 0. The number of carbonyl (C=O) groups is 1. The van der Waals surface area contributed by atoms with Crippen molar-refractivity contribution in [2.45, 2.75) is 6.92 Å². The molecule has 1 amide bonds. The van der Waals surface area contributed by atoms with Crippen LogP contribution in [0.1, 0.15) is 15.9 Å². The van der Waals surface area contributed by atoms with Crippen LogP contribution in [0.2, 0.25) is 0 Å². The Hall–Kier alpha value is -2.49. The van der Waals surface area contributed by atoms with E-state index in [1.54, 1.807) is 19.1 Å². The van der Waals surface area contributed by atoms with E-state index in [1.807, 2.05) is 56.4 Å². The first-order chi connectivity index (χ1) is 10.1. The summed E-state index contributed by atoms with van der Waals surface area (Å²) in [6, 6.07) is 13.1. The van der Waals surface area contributed by atoms with Crippen molar-refractivity contribution in [2.24, 2.45) is 0 Å². The third kappa shape index (κ3) is 3.16. The fourth-order valence-corrected chi connectivity index (χ4v) is 2.16. The maximum absolute atomic E-state index is 12.6. The SMILES string of the molecule is CNc1ccc(C(=O)N(C)c2ccc(OC)cc2)c(C)c1. The largest absolute Gasteiger partial charge is 0.497 e. The van der Waals surface area contributed by atoms with E-state index in [0.717, 1.165) is 22.7 Å². The van der Waals surface area contributed by atoms with Crippen molar-refractivity contribution in [1.82, 2.24) is 0 Å². The van der Waals surface area contributed by atoms with Crippen LogP contribution in [0.25, 0.3) is 0 Å². The molecule has 0 saturated heterocycles. The third-order valence-corrected chi connectivity index (χ3v) is 3.51. The molecule has 0 radical (unpaired) electrons. The molecular weight excluding hydrogens is 264 g/mol. The van der Waals surface area contributed by atoms with Crippen molar-refractivity contribution in [3.8, 4) is 5.75 Å². The zero-order valence-corrected chi connectivity index (χ0v) is 12.8. The lowest BCUT2D eigenvalue weighted by Crippen LogP contribution is -2.26. The van der Waals surface area contributed by atoms with Crippen molar-refractivity contribution in [1.29, 1.82) is 0 Å². The quantitative estimate of drug-likeness (QED) is 0.936. The van der Waals surface area contributed by atoms with Crippen molar-refractivity contribution < 1.29 is 9.53 Å². The summed E-state index contributed by atoms with van der Waals surface area (Å²) in [5, 5.41) is 3.07. The highest BCUT2D eigenvalue weighted by Gasteiger charge is 2.15. The Labute approximate surface area is 125 Å². The minimum absolute atomic E-state index is 0.0275. The maximum atomic E-state index is 12.6. The molecule has 0 aliphatic rings. The van der Waals surface area contributed by atoms with E-state index in [4.69, 9.17) is 4.74 Å². The Morgan fingerprint density at radius 1 is 1.14 bits per heavy atom. The van der Waals surface area contributed by atoms with Crippen LogP contribution in [-0.2, 0) is 0 Å². The molecule has 0 spiro atoms. The highest BCUT2D eigenvalue weighted by molar-refractivity contribution is 6.06. The molecule has 0 aliphatic heterocycles. The summed E-state index contributed by atoms with van der Waals surface area (Å²) >= 11 is 0. The number of nitrogens with zero attached hydrogens (tertiary/aromatic N) is 1. The van der Waals surface area contributed by atoms with Crippen LogP contribution >= 0.6 is 0 Å². The molecule has 0 atom stereocenters. The monoisotopic (exact) mass is 284 g/mol. The lowest BCUT2D eigenvalue weighted by atomic mass is 10.1. The Morgan fingerprint density at radius 3 is 2.33 bits per heavy atom. The Kier molecular flexibility index (Phi) is 4.48. The average Bonchev–Trinajstić information content (AvgIpc) is 2.53. The minimum Gasteiger partial charge on any atom is -0.497 e. The lowest BCUT2D eigenvalue weighted by molar-refractivity contribution is 0.0992. The number of amides is 1. The number of aryl methyl sites for hydroxylation is 1. The second-order valence-corrected chi connectivity index (χ2v) is 4.84. The number of hydrogen-bond donors (Lipinski definition) is 1. The van der Waals surface area contributed by atoms with Gasteiger partial charge in [-0.15, -0.1) is 0 Å². The molecule has 0 bridgehead atoms. The molecule has 2 aromatic carbocycles. The normalized spacial score (nSPS) is 10.1. The molecule has 0 fully saturated rings. The van der Waals surface area contributed by atoms with Crippen LogP contribution in [-0.4, -0.2) is 27.1 Å². The van der Waals surface area contributed by atoms with Crippen LogP contribution in [0.4, 0.5) is 11.4 Å². The Bertz CT molecular complexity index is 636. The van der Waals surface area contributed by atoms with E-state index in [1.165, 1.54) is 0 Å². The van der Waals surface area contributed by atoms with E-state index >= 15 is 0 Å². The first kappa shape index (κ1) is 14.9. The van der Waals surface area contributed by atoms with Gasteiger partial charge in [-0.3, -0.25) is 4.79 Å². The number of nitrogens with one attached hydrogen (secondary N) is 1. The van der Waals surface area contributed by atoms with Crippen molar-refractivity contribution >= 4 is 17.3 Å². The Balaban J connectivity index is 2.25. The molecule has 4 nitrogen and oxygen atoms in total. The van der Waals surface area contributed by atoms with Gasteiger partial charge >= 0.3 is 0 Å². The van der Waals surface area contributed by atoms with Gasteiger partial charge in [-0.2, -0.15) is 0 Å². The highest BCUT2D eigenvalue weighted by Crippen LogP contribution is 2.22.